The van der Waals surface area contributed by atoms with Crippen molar-refractivity contribution in [3.63, 3.8) is 0 Å². The average Bonchev–Trinajstić information content (AvgIpc) is 2.98. The van der Waals surface area contributed by atoms with E-state index >= 15 is 0 Å². The summed E-state index contributed by atoms with van der Waals surface area (Å²) >= 11 is 0. The van der Waals surface area contributed by atoms with Gasteiger partial charge >= 0.3 is 0 Å². The molecule has 30 heavy (non-hydrogen) atoms. The zero-order chi connectivity index (χ0) is 21.8. The summed E-state index contributed by atoms with van der Waals surface area (Å²) < 4.78 is 29.4. The third kappa shape index (κ3) is 3.80. The monoisotopic (exact) mass is 414 g/mol. The number of nitrogens with zero attached hydrogens (tertiary/aromatic N) is 1. The average molecular weight is 414 g/mol. The zero-order valence-electron chi connectivity index (χ0n) is 17.2. The highest BCUT2D eigenvalue weighted by molar-refractivity contribution is 6.36. The van der Waals surface area contributed by atoms with Crippen LogP contribution in [0.3, 0.4) is 0 Å². The lowest BCUT2D eigenvalue weighted by atomic mass is 10.0. The number of amides is 2. The first-order valence-electron chi connectivity index (χ1n) is 9.38. The number of rotatable bonds is 8. The van der Waals surface area contributed by atoms with Gasteiger partial charge in [0.05, 0.1) is 26.9 Å². The number of nitrogens with one attached hydrogen (secondary N) is 1. The van der Waals surface area contributed by atoms with Gasteiger partial charge in [-0.15, -0.1) is 0 Å². The standard InChI is InChI=1S/C22H23FN2O5/c1-5-10-25-21(26)18(13-6-8-14(23)9-7-13)19(22(25)27)24-15-11-16(28-2)20(30-4)17(12-15)29-3/h6-9,11-12,24H,5,10H2,1-4H3. The maximum absolute atomic E-state index is 13.4. The molecular weight excluding hydrogens is 391 g/mol. The van der Waals surface area contributed by atoms with E-state index in [0.29, 0.717) is 34.9 Å². The molecule has 0 saturated carbocycles. The van der Waals surface area contributed by atoms with Crippen molar-refractivity contribution in [2.24, 2.45) is 0 Å². The van der Waals surface area contributed by atoms with Gasteiger partial charge in [0.25, 0.3) is 11.8 Å². The molecule has 0 fully saturated rings. The molecule has 0 unspecified atom stereocenters. The van der Waals surface area contributed by atoms with Crippen molar-refractivity contribution in [3.8, 4) is 17.2 Å². The zero-order valence-corrected chi connectivity index (χ0v) is 17.2. The molecular formula is C22H23FN2O5. The molecule has 2 aromatic rings. The largest absolute Gasteiger partial charge is 0.493 e. The molecule has 0 saturated heterocycles. The molecule has 0 atom stereocenters. The fourth-order valence-electron chi connectivity index (χ4n) is 3.30. The van der Waals surface area contributed by atoms with Crippen molar-refractivity contribution in [1.29, 1.82) is 0 Å². The number of methoxy groups -OCH3 is 3. The van der Waals surface area contributed by atoms with Crippen molar-refractivity contribution in [2.75, 3.05) is 33.2 Å². The molecule has 3 rings (SSSR count). The van der Waals surface area contributed by atoms with Crippen molar-refractivity contribution >= 4 is 23.1 Å². The maximum atomic E-state index is 13.4. The molecule has 0 radical (unpaired) electrons. The predicted octanol–water partition coefficient (Wildman–Crippen LogP) is 3.45. The normalized spacial score (nSPS) is 13.7. The van der Waals surface area contributed by atoms with Crippen molar-refractivity contribution in [2.45, 2.75) is 13.3 Å². The molecule has 8 heteroatoms. The number of benzene rings is 2. The van der Waals surface area contributed by atoms with E-state index in [1.807, 2.05) is 6.92 Å². The van der Waals surface area contributed by atoms with E-state index in [1.165, 1.54) is 50.5 Å². The van der Waals surface area contributed by atoms with E-state index < -0.39 is 17.6 Å². The number of ether oxygens (including phenoxy) is 3. The van der Waals surface area contributed by atoms with Crippen LogP contribution in [0.25, 0.3) is 5.57 Å². The molecule has 0 spiro atoms. The first-order chi connectivity index (χ1) is 14.4. The van der Waals surface area contributed by atoms with Crippen molar-refractivity contribution < 1.29 is 28.2 Å². The lowest BCUT2D eigenvalue weighted by Crippen LogP contribution is -2.33. The number of anilines is 1. The number of carbonyl (C=O) groups is 2. The Hall–Kier alpha value is -3.55. The van der Waals surface area contributed by atoms with Crippen LogP contribution < -0.4 is 19.5 Å². The highest BCUT2D eigenvalue weighted by atomic mass is 19.1. The third-order valence-electron chi connectivity index (χ3n) is 4.68. The quantitative estimate of drug-likeness (QED) is 0.667. The Labute approximate surface area is 174 Å². The van der Waals surface area contributed by atoms with Gasteiger partial charge in [-0.3, -0.25) is 14.5 Å². The van der Waals surface area contributed by atoms with Crippen LogP contribution >= 0.6 is 0 Å². The van der Waals surface area contributed by atoms with Gasteiger partial charge in [0.1, 0.15) is 11.5 Å². The lowest BCUT2D eigenvalue weighted by Gasteiger charge is -2.16. The van der Waals surface area contributed by atoms with Crippen LogP contribution in [0.1, 0.15) is 18.9 Å². The fourth-order valence-corrected chi connectivity index (χ4v) is 3.30. The van der Waals surface area contributed by atoms with E-state index in [9.17, 15) is 14.0 Å². The SMILES string of the molecule is CCCN1C(=O)C(Nc2cc(OC)c(OC)c(OC)c2)=C(c2ccc(F)cc2)C1=O. The van der Waals surface area contributed by atoms with Gasteiger partial charge in [-0.25, -0.2) is 4.39 Å². The summed E-state index contributed by atoms with van der Waals surface area (Å²) in [6, 6.07) is 8.72. The summed E-state index contributed by atoms with van der Waals surface area (Å²) in [6.07, 6.45) is 0.617. The Morgan fingerprint density at radius 3 is 2.03 bits per heavy atom. The molecule has 1 aliphatic rings. The van der Waals surface area contributed by atoms with E-state index in [4.69, 9.17) is 14.2 Å². The molecule has 2 aromatic carbocycles. The lowest BCUT2D eigenvalue weighted by molar-refractivity contribution is -0.136. The number of imide groups is 1. The minimum Gasteiger partial charge on any atom is -0.493 e. The van der Waals surface area contributed by atoms with Crippen LogP contribution in [0.4, 0.5) is 10.1 Å². The second-order valence-electron chi connectivity index (χ2n) is 6.56. The minimum absolute atomic E-state index is 0.106. The second kappa shape index (κ2) is 8.86. The van der Waals surface area contributed by atoms with Crippen LogP contribution in [0, 0.1) is 5.82 Å². The first-order valence-corrected chi connectivity index (χ1v) is 9.38. The number of carbonyl (C=O) groups excluding carboxylic acids is 2. The molecule has 7 nitrogen and oxygen atoms in total. The van der Waals surface area contributed by atoms with Crippen LogP contribution in [-0.4, -0.2) is 44.6 Å². The molecule has 1 N–H and O–H groups in total. The van der Waals surface area contributed by atoms with Gasteiger partial charge in [0.15, 0.2) is 11.5 Å². The van der Waals surface area contributed by atoms with Crippen LogP contribution in [0.15, 0.2) is 42.1 Å². The van der Waals surface area contributed by atoms with Gasteiger partial charge in [-0.2, -0.15) is 0 Å². The van der Waals surface area contributed by atoms with Gasteiger partial charge in [0.2, 0.25) is 5.75 Å². The van der Waals surface area contributed by atoms with Crippen LogP contribution in [0.5, 0.6) is 17.2 Å². The Balaban J connectivity index is 2.11. The van der Waals surface area contributed by atoms with E-state index in [1.54, 1.807) is 12.1 Å². The van der Waals surface area contributed by atoms with Gasteiger partial charge in [-0.05, 0) is 24.1 Å². The second-order valence-corrected chi connectivity index (χ2v) is 6.56. The molecule has 0 aromatic heterocycles. The molecule has 158 valence electrons. The first kappa shape index (κ1) is 21.2. The summed E-state index contributed by atoms with van der Waals surface area (Å²) in [4.78, 5) is 27.2. The minimum atomic E-state index is -0.449. The summed E-state index contributed by atoms with van der Waals surface area (Å²) in [6.45, 7) is 2.16. The Morgan fingerprint density at radius 1 is 0.933 bits per heavy atom. The highest BCUT2D eigenvalue weighted by Crippen LogP contribution is 2.41. The van der Waals surface area contributed by atoms with Crippen LogP contribution in [-0.2, 0) is 9.59 Å². The molecule has 0 aliphatic carbocycles. The summed E-state index contributed by atoms with van der Waals surface area (Å²) in [7, 11) is 4.46. The smallest absolute Gasteiger partial charge is 0.278 e. The van der Waals surface area contributed by atoms with Gasteiger partial charge < -0.3 is 19.5 Å². The van der Waals surface area contributed by atoms with Gasteiger partial charge in [0, 0.05) is 24.4 Å². The predicted molar refractivity (Wildman–Crippen MR) is 110 cm³/mol. The Bertz CT molecular complexity index is 976. The highest BCUT2D eigenvalue weighted by Gasteiger charge is 2.38. The third-order valence-corrected chi connectivity index (χ3v) is 4.68. The van der Waals surface area contributed by atoms with E-state index in [-0.39, 0.29) is 17.8 Å². The summed E-state index contributed by atoms with van der Waals surface area (Å²) in [5.74, 6) is -0.116. The van der Waals surface area contributed by atoms with Crippen molar-refractivity contribution in [3.05, 3.63) is 53.5 Å². The number of hydrogen-bond acceptors (Lipinski definition) is 6. The number of halogens is 1. The molecule has 0 bridgehead atoms. The Morgan fingerprint density at radius 2 is 1.53 bits per heavy atom. The van der Waals surface area contributed by atoms with E-state index in [0.717, 1.165) is 0 Å². The van der Waals surface area contributed by atoms with Crippen molar-refractivity contribution in [1.82, 2.24) is 4.90 Å². The molecule has 1 heterocycles. The topological polar surface area (TPSA) is 77.1 Å². The Kier molecular flexibility index (Phi) is 6.25. The number of hydrogen-bond donors (Lipinski definition) is 1. The van der Waals surface area contributed by atoms with Crippen LogP contribution in [0.2, 0.25) is 0 Å². The summed E-state index contributed by atoms with van der Waals surface area (Å²) in [5.41, 5.74) is 1.21. The fraction of sp³-hybridized carbons (Fsp3) is 0.273. The summed E-state index contributed by atoms with van der Waals surface area (Å²) in [5, 5.41) is 3.03. The molecule has 2 amide bonds. The van der Waals surface area contributed by atoms with E-state index in [2.05, 4.69) is 5.32 Å². The molecule has 1 aliphatic heterocycles. The van der Waals surface area contributed by atoms with Gasteiger partial charge in [-0.1, -0.05) is 19.1 Å². The maximum Gasteiger partial charge on any atom is 0.278 e.